The Balaban J connectivity index is 1.41. The lowest BCUT2D eigenvalue weighted by atomic mass is 9.99. The van der Waals surface area contributed by atoms with E-state index in [0.717, 1.165) is 50.5 Å². The Kier molecular flexibility index (Phi) is 5.80. The standard InChI is InChI=1S/C18H23N5O/c19-8-1-2-9-24-17-5-3-4-15(10-17)11-20-12-16-6-7-18-22-21-14-23(18)13-16/h3-5,10,14,16,20H,1-2,6-7,9,11-13H2. The Labute approximate surface area is 142 Å². The zero-order chi connectivity index (χ0) is 16.6. The molecule has 1 aliphatic rings. The van der Waals surface area contributed by atoms with Gasteiger partial charge in [0.2, 0.25) is 0 Å². The molecule has 1 atom stereocenters. The van der Waals surface area contributed by atoms with Crippen LogP contribution >= 0.6 is 0 Å². The highest BCUT2D eigenvalue weighted by Gasteiger charge is 2.18. The number of nitrogens with zero attached hydrogens (tertiary/aromatic N) is 4. The van der Waals surface area contributed by atoms with Gasteiger partial charge in [-0.05, 0) is 43.0 Å². The van der Waals surface area contributed by atoms with E-state index in [9.17, 15) is 0 Å². The second-order valence-electron chi connectivity index (χ2n) is 6.19. The van der Waals surface area contributed by atoms with Crippen molar-refractivity contribution in [3.8, 4) is 11.8 Å². The molecule has 1 aromatic heterocycles. The van der Waals surface area contributed by atoms with Crippen molar-refractivity contribution in [2.24, 2.45) is 5.92 Å². The topological polar surface area (TPSA) is 75.8 Å². The second-order valence-corrected chi connectivity index (χ2v) is 6.19. The van der Waals surface area contributed by atoms with Gasteiger partial charge in [0.05, 0.1) is 12.7 Å². The fourth-order valence-corrected chi connectivity index (χ4v) is 3.00. The van der Waals surface area contributed by atoms with Crippen molar-refractivity contribution < 1.29 is 4.74 Å². The minimum Gasteiger partial charge on any atom is -0.494 e. The lowest BCUT2D eigenvalue weighted by Crippen LogP contribution is -2.29. The van der Waals surface area contributed by atoms with Crippen LogP contribution in [-0.2, 0) is 19.5 Å². The molecule has 1 unspecified atom stereocenters. The van der Waals surface area contributed by atoms with Gasteiger partial charge in [-0.25, -0.2) is 0 Å². The molecule has 1 aromatic carbocycles. The number of fused-ring (bicyclic) bond motifs is 1. The minimum absolute atomic E-state index is 0.538. The molecule has 0 saturated carbocycles. The third-order valence-corrected chi connectivity index (χ3v) is 4.29. The predicted octanol–water partition coefficient (Wildman–Crippen LogP) is 2.31. The van der Waals surface area contributed by atoms with Crippen molar-refractivity contribution in [3.05, 3.63) is 42.0 Å². The van der Waals surface area contributed by atoms with Crippen molar-refractivity contribution in [1.29, 1.82) is 5.26 Å². The van der Waals surface area contributed by atoms with Crippen LogP contribution in [0.2, 0.25) is 0 Å². The average Bonchev–Trinajstić information content (AvgIpc) is 3.07. The number of unbranched alkanes of at least 4 members (excludes halogenated alkanes) is 1. The molecule has 0 bridgehead atoms. The van der Waals surface area contributed by atoms with Crippen molar-refractivity contribution >= 4 is 0 Å². The smallest absolute Gasteiger partial charge is 0.132 e. The summed E-state index contributed by atoms with van der Waals surface area (Å²) in [4.78, 5) is 0. The molecule has 0 fully saturated rings. The molecule has 0 aliphatic carbocycles. The molecular formula is C18H23N5O. The van der Waals surface area contributed by atoms with E-state index in [1.165, 1.54) is 5.56 Å². The third kappa shape index (κ3) is 4.56. The maximum absolute atomic E-state index is 8.53. The van der Waals surface area contributed by atoms with Crippen LogP contribution in [0.4, 0.5) is 0 Å². The molecule has 6 heteroatoms. The lowest BCUT2D eigenvalue weighted by molar-refractivity contribution is 0.312. The van der Waals surface area contributed by atoms with E-state index in [2.05, 4.69) is 38.3 Å². The first-order valence-corrected chi connectivity index (χ1v) is 8.51. The van der Waals surface area contributed by atoms with E-state index in [1.54, 1.807) is 0 Å². The van der Waals surface area contributed by atoms with Crippen molar-refractivity contribution in [1.82, 2.24) is 20.1 Å². The fourth-order valence-electron chi connectivity index (χ4n) is 3.00. The molecule has 0 radical (unpaired) electrons. The Morgan fingerprint density at radius 2 is 2.38 bits per heavy atom. The second kappa shape index (κ2) is 8.46. The summed E-state index contributed by atoms with van der Waals surface area (Å²) in [5, 5.41) is 20.2. The molecular weight excluding hydrogens is 302 g/mol. The number of aromatic nitrogens is 3. The fraction of sp³-hybridized carbons (Fsp3) is 0.500. The van der Waals surface area contributed by atoms with Gasteiger partial charge in [-0.3, -0.25) is 0 Å². The quantitative estimate of drug-likeness (QED) is 0.754. The Morgan fingerprint density at radius 1 is 1.42 bits per heavy atom. The van der Waals surface area contributed by atoms with E-state index in [-0.39, 0.29) is 0 Å². The van der Waals surface area contributed by atoms with Crippen molar-refractivity contribution in [3.63, 3.8) is 0 Å². The van der Waals surface area contributed by atoms with E-state index >= 15 is 0 Å². The number of nitriles is 1. The van der Waals surface area contributed by atoms with E-state index in [4.69, 9.17) is 10.00 Å². The number of nitrogens with one attached hydrogen (secondary N) is 1. The van der Waals surface area contributed by atoms with Crippen LogP contribution in [0.3, 0.4) is 0 Å². The molecule has 1 aliphatic heterocycles. The van der Waals surface area contributed by atoms with Gasteiger partial charge in [0.1, 0.15) is 17.9 Å². The zero-order valence-corrected chi connectivity index (χ0v) is 13.8. The van der Waals surface area contributed by atoms with Crippen molar-refractivity contribution in [2.45, 2.75) is 38.8 Å². The van der Waals surface area contributed by atoms with Crippen LogP contribution in [0, 0.1) is 17.2 Å². The van der Waals surface area contributed by atoms with Crippen LogP contribution in [0.25, 0.3) is 0 Å². The largest absolute Gasteiger partial charge is 0.494 e. The van der Waals surface area contributed by atoms with Crippen LogP contribution in [-0.4, -0.2) is 27.9 Å². The Morgan fingerprint density at radius 3 is 3.29 bits per heavy atom. The summed E-state index contributed by atoms with van der Waals surface area (Å²) >= 11 is 0. The molecule has 6 nitrogen and oxygen atoms in total. The summed E-state index contributed by atoms with van der Waals surface area (Å²) in [5.74, 6) is 2.60. The summed E-state index contributed by atoms with van der Waals surface area (Å²) in [7, 11) is 0. The Hall–Kier alpha value is -2.39. The van der Waals surface area contributed by atoms with Gasteiger partial charge in [0.25, 0.3) is 0 Å². The minimum atomic E-state index is 0.538. The maximum Gasteiger partial charge on any atom is 0.132 e. The number of hydrogen-bond donors (Lipinski definition) is 1. The van der Waals surface area contributed by atoms with Gasteiger partial charge >= 0.3 is 0 Å². The first-order chi connectivity index (χ1) is 11.8. The number of ether oxygens (including phenoxy) is 1. The van der Waals surface area contributed by atoms with E-state index in [1.807, 2.05) is 18.5 Å². The molecule has 0 amide bonds. The van der Waals surface area contributed by atoms with Gasteiger partial charge in [-0.2, -0.15) is 5.26 Å². The number of benzene rings is 1. The van der Waals surface area contributed by atoms with Crippen LogP contribution < -0.4 is 10.1 Å². The van der Waals surface area contributed by atoms with Crippen LogP contribution in [0.5, 0.6) is 5.75 Å². The van der Waals surface area contributed by atoms with Crippen molar-refractivity contribution in [2.75, 3.05) is 13.2 Å². The monoisotopic (exact) mass is 325 g/mol. The third-order valence-electron chi connectivity index (χ3n) is 4.29. The summed E-state index contributed by atoms with van der Waals surface area (Å²) < 4.78 is 7.84. The van der Waals surface area contributed by atoms with Crippen LogP contribution in [0.15, 0.2) is 30.6 Å². The van der Waals surface area contributed by atoms with Crippen LogP contribution in [0.1, 0.15) is 30.7 Å². The normalized spacial score (nSPS) is 16.4. The molecule has 24 heavy (non-hydrogen) atoms. The number of rotatable bonds is 8. The molecule has 3 rings (SSSR count). The molecule has 0 saturated heterocycles. The highest BCUT2D eigenvalue weighted by molar-refractivity contribution is 5.28. The van der Waals surface area contributed by atoms with Gasteiger partial charge < -0.3 is 14.6 Å². The maximum atomic E-state index is 8.53. The van der Waals surface area contributed by atoms with Gasteiger partial charge in [-0.15, -0.1) is 10.2 Å². The Bertz CT molecular complexity index is 691. The molecule has 1 N–H and O–H groups in total. The first-order valence-electron chi connectivity index (χ1n) is 8.51. The van der Waals surface area contributed by atoms with E-state index < -0.39 is 0 Å². The van der Waals surface area contributed by atoms with Gasteiger partial charge in [-0.1, -0.05) is 12.1 Å². The predicted molar refractivity (Wildman–Crippen MR) is 90.3 cm³/mol. The highest BCUT2D eigenvalue weighted by atomic mass is 16.5. The SMILES string of the molecule is N#CCCCOc1cccc(CNCC2CCc3nncn3C2)c1. The summed E-state index contributed by atoms with van der Waals surface area (Å²) in [6.07, 6.45) is 5.31. The molecule has 2 heterocycles. The summed E-state index contributed by atoms with van der Waals surface area (Å²) in [5.41, 5.74) is 1.22. The average molecular weight is 325 g/mol. The summed E-state index contributed by atoms with van der Waals surface area (Å²) in [6, 6.07) is 10.3. The summed E-state index contributed by atoms with van der Waals surface area (Å²) in [6.45, 7) is 3.41. The number of aryl methyl sites for hydroxylation is 1. The van der Waals surface area contributed by atoms with E-state index in [0.29, 0.717) is 18.9 Å². The molecule has 0 spiro atoms. The lowest BCUT2D eigenvalue weighted by Gasteiger charge is -2.23. The highest BCUT2D eigenvalue weighted by Crippen LogP contribution is 2.18. The molecule has 2 aromatic rings. The molecule has 126 valence electrons. The first kappa shape index (κ1) is 16.5. The number of hydrogen-bond acceptors (Lipinski definition) is 5. The zero-order valence-electron chi connectivity index (χ0n) is 13.8. The van der Waals surface area contributed by atoms with Gasteiger partial charge in [0, 0.05) is 25.9 Å². The van der Waals surface area contributed by atoms with Gasteiger partial charge in [0.15, 0.2) is 0 Å².